The molecule has 0 aromatic carbocycles. The van der Waals surface area contributed by atoms with Gasteiger partial charge in [-0.1, -0.05) is 0 Å². The van der Waals surface area contributed by atoms with Crippen molar-refractivity contribution >= 4 is 5.91 Å². The van der Waals surface area contributed by atoms with Gasteiger partial charge in [0.1, 0.15) is 5.75 Å². The molecule has 0 spiro atoms. The molecule has 0 aliphatic rings. The fraction of sp³-hybridized carbons (Fsp3) is 0.438. The highest BCUT2D eigenvalue weighted by atomic mass is 16.5. The monoisotopic (exact) mass is 319 g/mol. The molecule has 0 unspecified atom stereocenters. The summed E-state index contributed by atoms with van der Waals surface area (Å²) in [6, 6.07) is 1.48. The molecule has 0 radical (unpaired) electrons. The minimum Gasteiger partial charge on any atom is -0.496 e. The van der Waals surface area contributed by atoms with Gasteiger partial charge in [0.15, 0.2) is 0 Å². The zero-order chi connectivity index (χ0) is 17.0. The second-order valence-corrected chi connectivity index (χ2v) is 5.17. The van der Waals surface area contributed by atoms with E-state index in [1.807, 2.05) is 20.8 Å². The van der Waals surface area contributed by atoms with Gasteiger partial charge in [-0.25, -0.2) is 0 Å². The van der Waals surface area contributed by atoms with Crippen LogP contribution in [0.15, 0.2) is 16.8 Å². The zero-order valence-electron chi connectivity index (χ0n) is 14.0. The van der Waals surface area contributed by atoms with Crippen molar-refractivity contribution in [2.45, 2.75) is 27.3 Å². The number of pyridine rings is 1. The first-order valence-corrected chi connectivity index (χ1v) is 7.32. The van der Waals surface area contributed by atoms with Crippen molar-refractivity contribution in [3.8, 4) is 11.6 Å². The van der Waals surface area contributed by atoms with Crippen molar-refractivity contribution in [3.63, 3.8) is 0 Å². The molecule has 0 atom stereocenters. The minimum atomic E-state index is -0.288. The van der Waals surface area contributed by atoms with E-state index in [1.54, 1.807) is 20.4 Å². The van der Waals surface area contributed by atoms with Crippen LogP contribution in [0.25, 0.3) is 0 Å². The van der Waals surface area contributed by atoms with Gasteiger partial charge in [0, 0.05) is 24.4 Å². The molecule has 2 rings (SSSR count). The van der Waals surface area contributed by atoms with E-state index in [1.165, 1.54) is 11.0 Å². The molecule has 2 heterocycles. The number of aromatic nitrogens is 2. The predicted octanol–water partition coefficient (Wildman–Crippen LogP) is 2.37. The van der Waals surface area contributed by atoms with Crippen LogP contribution in [0, 0.1) is 13.8 Å². The van der Waals surface area contributed by atoms with Gasteiger partial charge in [-0.15, -0.1) is 0 Å². The molecule has 0 N–H and O–H groups in total. The van der Waals surface area contributed by atoms with Gasteiger partial charge in [-0.05, 0) is 25.9 Å². The first kappa shape index (κ1) is 16.8. The SMILES string of the molecule is CCOc1cc(C(=O)N(C)Cc2ncc(C)c(OC)c2C)on1. The molecule has 0 aliphatic carbocycles. The average Bonchev–Trinajstić information content (AvgIpc) is 2.99. The van der Waals surface area contributed by atoms with Crippen LogP contribution in [0.3, 0.4) is 0 Å². The minimum absolute atomic E-state index is 0.132. The summed E-state index contributed by atoms with van der Waals surface area (Å²) < 4.78 is 15.6. The number of nitrogens with zero attached hydrogens (tertiary/aromatic N) is 3. The summed E-state index contributed by atoms with van der Waals surface area (Å²) >= 11 is 0. The quantitative estimate of drug-likeness (QED) is 0.813. The van der Waals surface area contributed by atoms with Crippen LogP contribution < -0.4 is 9.47 Å². The molecule has 124 valence electrons. The van der Waals surface area contributed by atoms with Crippen molar-refractivity contribution in [1.82, 2.24) is 15.0 Å². The van der Waals surface area contributed by atoms with Crippen molar-refractivity contribution in [2.75, 3.05) is 20.8 Å². The Kier molecular flexibility index (Phi) is 5.20. The largest absolute Gasteiger partial charge is 0.496 e. The molecule has 0 aliphatic heterocycles. The zero-order valence-corrected chi connectivity index (χ0v) is 14.0. The summed E-state index contributed by atoms with van der Waals surface area (Å²) in [5, 5.41) is 3.69. The first-order chi connectivity index (χ1) is 11.0. The molecule has 0 fully saturated rings. The van der Waals surface area contributed by atoms with Gasteiger partial charge in [0.2, 0.25) is 5.76 Å². The van der Waals surface area contributed by atoms with E-state index >= 15 is 0 Å². The molecular weight excluding hydrogens is 298 g/mol. The number of carbonyl (C=O) groups excluding carboxylic acids is 1. The molecule has 2 aromatic heterocycles. The maximum Gasteiger partial charge on any atom is 0.292 e. The molecule has 0 saturated carbocycles. The third kappa shape index (κ3) is 3.61. The van der Waals surface area contributed by atoms with Crippen LogP contribution in [-0.2, 0) is 6.54 Å². The van der Waals surface area contributed by atoms with Crippen LogP contribution in [0.4, 0.5) is 0 Å². The van der Waals surface area contributed by atoms with Gasteiger partial charge < -0.3 is 18.9 Å². The number of rotatable bonds is 6. The number of aryl methyl sites for hydroxylation is 1. The molecule has 1 amide bonds. The van der Waals surface area contributed by atoms with Crippen LogP contribution >= 0.6 is 0 Å². The van der Waals surface area contributed by atoms with Crippen LogP contribution in [0.5, 0.6) is 11.6 Å². The summed E-state index contributed by atoms with van der Waals surface area (Å²) in [5.74, 6) is 0.932. The second-order valence-electron chi connectivity index (χ2n) is 5.17. The maximum atomic E-state index is 12.4. The highest BCUT2D eigenvalue weighted by molar-refractivity contribution is 5.91. The number of amides is 1. The van der Waals surface area contributed by atoms with E-state index in [0.717, 1.165) is 22.6 Å². The van der Waals surface area contributed by atoms with Crippen molar-refractivity contribution in [1.29, 1.82) is 0 Å². The Bertz CT molecular complexity index is 697. The highest BCUT2D eigenvalue weighted by Crippen LogP contribution is 2.25. The summed E-state index contributed by atoms with van der Waals surface area (Å²) in [6.07, 6.45) is 1.74. The summed E-state index contributed by atoms with van der Waals surface area (Å²) in [6.45, 7) is 6.49. The van der Waals surface area contributed by atoms with Gasteiger partial charge in [-0.3, -0.25) is 9.78 Å². The number of hydrogen-bond donors (Lipinski definition) is 0. The van der Waals surface area contributed by atoms with Gasteiger partial charge in [0.05, 0.1) is 32.0 Å². The molecule has 7 nitrogen and oxygen atoms in total. The summed E-state index contributed by atoms with van der Waals surface area (Å²) in [7, 11) is 3.30. The standard InChI is InChI=1S/C16H21N3O4/c1-6-22-14-7-13(23-18-14)16(20)19(4)9-12-11(3)15(21-5)10(2)8-17-12/h7-8H,6,9H2,1-5H3. The first-order valence-electron chi connectivity index (χ1n) is 7.32. The van der Waals surface area contributed by atoms with E-state index in [0.29, 0.717) is 19.0 Å². The maximum absolute atomic E-state index is 12.4. The lowest BCUT2D eigenvalue weighted by atomic mass is 10.1. The Morgan fingerprint density at radius 2 is 2.13 bits per heavy atom. The number of ether oxygens (including phenoxy) is 2. The van der Waals surface area contributed by atoms with Gasteiger partial charge in [-0.2, -0.15) is 0 Å². The molecule has 2 aromatic rings. The normalized spacial score (nSPS) is 10.5. The Hall–Kier alpha value is -2.57. The summed E-state index contributed by atoms with van der Waals surface area (Å²) in [5.41, 5.74) is 2.65. The van der Waals surface area contributed by atoms with E-state index < -0.39 is 0 Å². The highest BCUT2D eigenvalue weighted by Gasteiger charge is 2.20. The third-order valence-corrected chi connectivity index (χ3v) is 3.47. The second kappa shape index (κ2) is 7.13. The molecule has 7 heteroatoms. The van der Waals surface area contributed by atoms with Crippen LogP contribution in [0.2, 0.25) is 0 Å². The van der Waals surface area contributed by atoms with Crippen molar-refractivity contribution in [2.24, 2.45) is 0 Å². The van der Waals surface area contributed by atoms with Crippen LogP contribution in [-0.4, -0.2) is 41.7 Å². The van der Waals surface area contributed by atoms with Crippen molar-refractivity contribution < 1.29 is 18.8 Å². The number of methoxy groups -OCH3 is 1. The topological polar surface area (TPSA) is 77.7 Å². The van der Waals surface area contributed by atoms with Gasteiger partial charge in [0.25, 0.3) is 11.8 Å². The molecule has 23 heavy (non-hydrogen) atoms. The Morgan fingerprint density at radius 1 is 1.39 bits per heavy atom. The number of carbonyl (C=O) groups is 1. The predicted molar refractivity (Wildman–Crippen MR) is 83.7 cm³/mol. The van der Waals surface area contributed by atoms with E-state index in [9.17, 15) is 4.79 Å². The van der Waals surface area contributed by atoms with Crippen LogP contribution in [0.1, 0.15) is 34.3 Å². The number of hydrogen-bond acceptors (Lipinski definition) is 6. The third-order valence-electron chi connectivity index (χ3n) is 3.47. The Balaban J connectivity index is 2.14. The lowest BCUT2D eigenvalue weighted by Gasteiger charge is -2.18. The van der Waals surface area contributed by atoms with E-state index in [4.69, 9.17) is 14.0 Å². The molecule has 0 bridgehead atoms. The van der Waals surface area contributed by atoms with Crippen molar-refractivity contribution in [3.05, 3.63) is 34.8 Å². The summed E-state index contributed by atoms with van der Waals surface area (Å²) in [4.78, 5) is 18.3. The fourth-order valence-corrected chi connectivity index (χ4v) is 2.29. The molecular formula is C16H21N3O4. The average molecular weight is 319 g/mol. The smallest absolute Gasteiger partial charge is 0.292 e. The molecule has 0 saturated heterocycles. The lowest BCUT2D eigenvalue weighted by molar-refractivity contribution is 0.0741. The fourth-order valence-electron chi connectivity index (χ4n) is 2.29. The van der Waals surface area contributed by atoms with E-state index in [-0.39, 0.29) is 11.7 Å². The lowest BCUT2D eigenvalue weighted by Crippen LogP contribution is -2.26. The Morgan fingerprint density at radius 3 is 2.78 bits per heavy atom. The Labute approximate surface area is 135 Å². The van der Waals surface area contributed by atoms with Gasteiger partial charge >= 0.3 is 0 Å². The van der Waals surface area contributed by atoms with E-state index in [2.05, 4.69) is 10.1 Å².